The van der Waals surface area contributed by atoms with Crippen LogP contribution in [0.2, 0.25) is 0 Å². The van der Waals surface area contributed by atoms with Crippen molar-refractivity contribution in [3.8, 4) is 0 Å². The van der Waals surface area contributed by atoms with Gasteiger partial charge in [0.15, 0.2) is 0 Å². The summed E-state index contributed by atoms with van der Waals surface area (Å²) in [4.78, 5) is 23.2. The predicted octanol–water partition coefficient (Wildman–Crippen LogP) is 4.22. The number of hydrogen-bond donors (Lipinski definition) is 0. The van der Waals surface area contributed by atoms with Gasteiger partial charge < -0.3 is 9.47 Å². The van der Waals surface area contributed by atoms with Gasteiger partial charge in [0, 0.05) is 6.92 Å². The van der Waals surface area contributed by atoms with Gasteiger partial charge in [-0.2, -0.15) is 8.78 Å². The van der Waals surface area contributed by atoms with Crippen LogP contribution in [0, 0.1) is 17.3 Å². The van der Waals surface area contributed by atoms with Gasteiger partial charge in [-0.25, -0.2) is 4.79 Å². The van der Waals surface area contributed by atoms with Crippen LogP contribution in [0.4, 0.5) is 8.78 Å². The molecule has 0 saturated carbocycles. The molecule has 23 heavy (non-hydrogen) atoms. The van der Waals surface area contributed by atoms with Crippen LogP contribution in [-0.2, 0) is 19.1 Å². The zero-order valence-electron chi connectivity index (χ0n) is 15.1. The van der Waals surface area contributed by atoms with Crippen LogP contribution < -0.4 is 0 Å². The molecule has 0 aliphatic heterocycles. The second-order valence-corrected chi connectivity index (χ2v) is 7.04. The van der Waals surface area contributed by atoms with Gasteiger partial charge in [-0.05, 0) is 38.0 Å². The van der Waals surface area contributed by atoms with E-state index in [1.54, 1.807) is 0 Å². The number of rotatable bonds is 10. The second kappa shape index (κ2) is 9.18. The highest BCUT2D eigenvalue weighted by atomic mass is 19.3. The Morgan fingerprint density at radius 2 is 1.35 bits per heavy atom. The van der Waals surface area contributed by atoms with Crippen molar-refractivity contribution in [2.45, 2.75) is 66.7 Å². The molecule has 0 fully saturated rings. The first-order valence-electron chi connectivity index (χ1n) is 8.13. The lowest BCUT2D eigenvalue weighted by molar-refractivity contribution is -0.169. The largest absolute Gasteiger partial charge is 0.465 e. The van der Waals surface area contributed by atoms with Gasteiger partial charge in [0.05, 0.1) is 18.6 Å². The molecule has 0 amide bonds. The first-order chi connectivity index (χ1) is 10.4. The Labute approximate surface area is 137 Å². The molecule has 0 bridgehead atoms. The van der Waals surface area contributed by atoms with Crippen LogP contribution in [0.3, 0.4) is 0 Å². The summed E-state index contributed by atoms with van der Waals surface area (Å²) >= 11 is 0. The molecule has 0 aromatic rings. The zero-order valence-corrected chi connectivity index (χ0v) is 15.1. The average Bonchev–Trinajstić information content (AvgIpc) is 2.39. The van der Waals surface area contributed by atoms with E-state index in [1.165, 1.54) is 0 Å². The topological polar surface area (TPSA) is 52.6 Å². The summed E-state index contributed by atoms with van der Waals surface area (Å²) in [7, 11) is 0. The number of alkyl halides is 2. The SMILES string of the molecule is CC(C)CC(C)(C(=O)OCCCCOC(=O)C(C)(F)F)C(C)C. The summed E-state index contributed by atoms with van der Waals surface area (Å²) in [6.45, 7) is 10.6. The summed E-state index contributed by atoms with van der Waals surface area (Å²) < 4.78 is 34.9. The fourth-order valence-electron chi connectivity index (χ4n) is 2.23. The Balaban J connectivity index is 4.13. The third-order valence-electron chi connectivity index (χ3n) is 3.94. The number of ether oxygens (including phenoxy) is 2. The summed E-state index contributed by atoms with van der Waals surface area (Å²) in [6, 6.07) is 0. The Bertz CT molecular complexity index is 389. The number of hydrogen-bond acceptors (Lipinski definition) is 4. The minimum Gasteiger partial charge on any atom is -0.465 e. The maximum absolute atomic E-state index is 12.6. The highest BCUT2D eigenvalue weighted by Crippen LogP contribution is 2.35. The first kappa shape index (κ1) is 21.8. The predicted molar refractivity (Wildman–Crippen MR) is 84.2 cm³/mol. The van der Waals surface area contributed by atoms with Crippen LogP contribution in [0.1, 0.15) is 60.8 Å². The number of carbonyl (C=O) groups excluding carboxylic acids is 2. The van der Waals surface area contributed by atoms with E-state index < -0.39 is 17.3 Å². The standard InChI is InChI=1S/C17H30F2O4/c1-12(2)11-16(5,13(3)4)14(20)22-9-7-8-10-23-15(21)17(6,18)19/h12-13H,7-11H2,1-6H3. The average molecular weight is 336 g/mol. The third-order valence-corrected chi connectivity index (χ3v) is 3.94. The van der Waals surface area contributed by atoms with Gasteiger partial charge in [0.25, 0.3) is 0 Å². The number of esters is 2. The van der Waals surface area contributed by atoms with Gasteiger partial charge >= 0.3 is 17.9 Å². The van der Waals surface area contributed by atoms with E-state index in [-0.39, 0.29) is 25.1 Å². The maximum atomic E-state index is 12.6. The minimum atomic E-state index is -3.47. The lowest BCUT2D eigenvalue weighted by Crippen LogP contribution is -2.36. The zero-order chi connectivity index (χ0) is 18.3. The van der Waals surface area contributed by atoms with Crippen molar-refractivity contribution in [1.82, 2.24) is 0 Å². The fraction of sp³-hybridized carbons (Fsp3) is 0.882. The van der Waals surface area contributed by atoms with E-state index in [0.717, 1.165) is 6.42 Å². The Morgan fingerprint density at radius 1 is 0.913 bits per heavy atom. The summed E-state index contributed by atoms with van der Waals surface area (Å²) in [6.07, 6.45) is 1.58. The van der Waals surface area contributed by atoms with Crippen molar-refractivity contribution in [2.24, 2.45) is 17.3 Å². The van der Waals surface area contributed by atoms with E-state index in [4.69, 9.17) is 4.74 Å². The van der Waals surface area contributed by atoms with Crippen LogP contribution in [0.15, 0.2) is 0 Å². The molecule has 0 aliphatic carbocycles. The molecule has 0 saturated heterocycles. The smallest absolute Gasteiger partial charge is 0.376 e. The van der Waals surface area contributed by atoms with E-state index >= 15 is 0 Å². The summed E-state index contributed by atoms with van der Waals surface area (Å²) in [5.74, 6) is -4.70. The number of unbranched alkanes of at least 4 members (excludes halogenated alkanes) is 1. The lowest BCUT2D eigenvalue weighted by Gasteiger charge is -2.32. The molecule has 136 valence electrons. The highest BCUT2D eigenvalue weighted by Gasteiger charge is 2.38. The van der Waals surface area contributed by atoms with Crippen LogP contribution in [0.5, 0.6) is 0 Å². The lowest BCUT2D eigenvalue weighted by atomic mass is 9.73. The third kappa shape index (κ3) is 7.75. The van der Waals surface area contributed by atoms with Crippen molar-refractivity contribution >= 4 is 11.9 Å². The van der Waals surface area contributed by atoms with Crippen LogP contribution in [-0.4, -0.2) is 31.1 Å². The highest BCUT2D eigenvalue weighted by molar-refractivity contribution is 5.77. The van der Waals surface area contributed by atoms with Gasteiger partial charge in [0.2, 0.25) is 0 Å². The van der Waals surface area contributed by atoms with E-state index in [9.17, 15) is 18.4 Å². The quantitative estimate of drug-likeness (QED) is 0.443. The van der Waals surface area contributed by atoms with Crippen LogP contribution in [0.25, 0.3) is 0 Å². The van der Waals surface area contributed by atoms with Crippen molar-refractivity contribution in [1.29, 1.82) is 0 Å². The van der Waals surface area contributed by atoms with Crippen molar-refractivity contribution in [3.63, 3.8) is 0 Å². The van der Waals surface area contributed by atoms with Gasteiger partial charge in [-0.15, -0.1) is 0 Å². The van der Waals surface area contributed by atoms with Crippen LogP contribution >= 0.6 is 0 Å². The molecule has 1 atom stereocenters. The Morgan fingerprint density at radius 3 is 1.70 bits per heavy atom. The molecule has 0 radical (unpaired) electrons. The molecule has 0 aromatic carbocycles. The first-order valence-corrected chi connectivity index (χ1v) is 8.13. The Kier molecular flexibility index (Phi) is 8.70. The number of halogens is 2. The molecule has 0 heterocycles. The molecule has 0 aliphatic rings. The summed E-state index contributed by atoms with van der Waals surface area (Å²) in [5.41, 5.74) is -0.537. The summed E-state index contributed by atoms with van der Waals surface area (Å²) in [5, 5.41) is 0. The monoisotopic (exact) mass is 336 g/mol. The van der Waals surface area contributed by atoms with E-state index in [0.29, 0.717) is 25.7 Å². The van der Waals surface area contributed by atoms with Crippen molar-refractivity contribution < 1.29 is 27.8 Å². The molecule has 0 rings (SSSR count). The van der Waals surface area contributed by atoms with Gasteiger partial charge in [-0.3, -0.25) is 4.79 Å². The fourth-order valence-corrected chi connectivity index (χ4v) is 2.23. The molecular weight excluding hydrogens is 306 g/mol. The number of carbonyl (C=O) groups is 2. The van der Waals surface area contributed by atoms with E-state index in [1.807, 2.05) is 20.8 Å². The maximum Gasteiger partial charge on any atom is 0.376 e. The molecule has 6 heteroatoms. The molecular formula is C17H30F2O4. The van der Waals surface area contributed by atoms with Gasteiger partial charge in [-0.1, -0.05) is 27.7 Å². The van der Waals surface area contributed by atoms with Crippen molar-refractivity contribution in [3.05, 3.63) is 0 Å². The molecule has 4 nitrogen and oxygen atoms in total. The molecule has 1 unspecified atom stereocenters. The van der Waals surface area contributed by atoms with Gasteiger partial charge in [0.1, 0.15) is 0 Å². The van der Waals surface area contributed by atoms with E-state index in [2.05, 4.69) is 18.6 Å². The van der Waals surface area contributed by atoms with Crippen molar-refractivity contribution in [2.75, 3.05) is 13.2 Å². The molecule has 0 aromatic heterocycles. The second-order valence-electron chi connectivity index (χ2n) is 7.04. The minimum absolute atomic E-state index is 0.104. The Hall–Kier alpha value is -1.20. The normalized spacial score (nSPS) is 14.7. The molecule has 0 N–H and O–H groups in total. The molecule has 0 spiro atoms.